The van der Waals surface area contributed by atoms with Crippen molar-refractivity contribution in [2.45, 2.75) is 66.2 Å². The molecule has 3 aromatic carbocycles. The normalized spacial score (nSPS) is 12.7. The number of ether oxygens (including phenoxy) is 2. The molecule has 10 heteroatoms. The molecule has 0 aliphatic heterocycles. The quantitative estimate of drug-likeness (QED) is 0.258. The number of rotatable bonds is 8. The summed E-state index contributed by atoms with van der Waals surface area (Å²) in [4.78, 5) is 39.3. The highest BCUT2D eigenvalue weighted by molar-refractivity contribution is 6.08. The number of hydrogen-bond acceptors (Lipinski definition) is 5. The fourth-order valence-electron chi connectivity index (χ4n) is 4.73. The molecule has 3 N–H and O–H groups in total. The lowest BCUT2D eigenvalue weighted by Crippen LogP contribution is -2.51. The van der Waals surface area contributed by atoms with E-state index in [9.17, 15) is 23.2 Å². The Hall–Kier alpha value is -4.31. The third-order valence-corrected chi connectivity index (χ3v) is 6.37. The van der Waals surface area contributed by atoms with Gasteiger partial charge in [-0.3, -0.25) is 4.79 Å². The highest BCUT2D eigenvalue weighted by Gasteiger charge is 2.32. The molecule has 0 radical (unpaired) electrons. The Morgan fingerprint density at radius 1 is 0.833 bits per heavy atom. The summed E-state index contributed by atoms with van der Waals surface area (Å²) in [6.07, 6.45) is -0.761. The molecule has 0 bridgehead atoms. The number of methoxy groups -OCH3 is 1. The molecule has 0 aliphatic carbocycles. The number of benzene rings is 3. The van der Waals surface area contributed by atoms with Gasteiger partial charge in [-0.05, 0) is 95.0 Å². The van der Waals surface area contributed by atoms with E-state index >= 15 is 0 Å². The average Bonchev–Trinajstić information content (AvgIpc) is 2.87. The van der Waals surface area contributed by atoms with Crippen LogP contribution in [0.25, 0.3) is 11.1 Å². The predicted molar refractivity (Wildman–Crippen MR) is 159 cm³/mol. The van der Waals surface area contributed by atoms with Crippen molar-refractivity contribution in [3.63, 3.8) is 0 Å². The molecule has 0 aromatic heterocycles. The summed E-state index contributed by atoms with van der Waals surface area (Å²) >= 11 is 0. The average molecular weight is 582 g/mol. The topological polar surface area (TPSA) is 106 Å². The van der Waals surface area contributed by atoms with E-state index in [1.54, 1.807) is 6.92 Å². The van der Waals surface area contributed by atoms with Gasteiger partial charge in [-0.15, -0.1) is 0 Å². The van der Waals surface area contributed by atoms with Crippen molar-refractivity contribution in [2.24, 2.45) is 0 Å². The minimum Gasteiger partial charge on any atom is -0.467 e. The number of amides is 3. The first-order valence-corrected chi connectivity index (χ1v) is 13.4. The van der Waals surface area contributed by atoms with E-state index in [1.807, 2.05) is 53.7 Å². The lowest BCUT2D eigenvalue weighted by molar-refractivity contribution is -0.150. The second kappa shape index (κ2) is 13.1. The van der Waals surface area contributed by atoms with Gasteiger partial charge in [0.2, 0.25) is 0 Å². The van der Waals surface area contributed by atoms with Gasteiger partial charge in [0.05, 0.1) is 30.1 Å². The first-order chi connectivity index (χ1) is 19.6. The van der Waals surface area contributed by atoms with Gasteiger partial charge in [0, 0.05) is 11.8 Å². The second-order valence-corrected chi connectivity index (χ2v) is 11.2. The lowest BCUT2D eigenvalue weighted by Gasteiger charge is -2.30. The molecule has 3 aromatic rings. The molecule has 0 heterocycles. The number of urea groups is 1. The summed E-state index contributed by atoms with van der Waals surface area (Å²) in [5.41, 5.74) is 3.31. The van der Waals surface area contributed by atoms with Crippen LogP contribution in [-0.2, 0) is 14.3 Å². The van der Waals surface area contributed by atoms with Crippen LogP contribution < -0.4 is 16.0 Å². The number of nitrogens with one attached hydrogen (secondary N) is 3. The summed E-state index contributed by atoms with van der Waals surface area (Å²) in [6, 6.07) is 9.38. The minimum atomic E-state index is -1.17. The van der Waals surface area contributed by atoms with Gasteiger partial charge in [0.15, 0.2) is 6.04 Å². The number of hydrogen-bond donors (Lipinski definition) is 3. The van der Waals surface area contributed by atoms with E-state index < -0.39 is 47.3 Å². The minimum absolute atomic E-state index is 0.0000123. The van der Waals surface area contributed by atoms with Crippen molar-refractivity contribution >= 4 is 29.3 Å². The molecule has 0 saturated heterocycles. The smallest absolute Gasteiger partial charge is 0.331 e. The highest BCUT2D eigenvalue weighted by atomic mass is 19.1. The molecule has 3 rings (SSSR count). The third-order valence-electron chi connectivity index (χ3n) is 6.37. The van der Waals surface area contributed by atoms with Crippen LogP contribution in [0.5, 0.6) is 0 Å². The maximum absolute atomic E-state index is 14.0. The molecule has 2 atom stereocenters. The number of anilines is 2. The number of carbonyl (C=O) groups excluding carboxylic acids is 3. The number of halogens is 2. The zero-order chi connectivity index (χ0) is 31.4. The molecule has 42 heavy (non-hydrogen) atoms. The predicted octanol–water partition coefficient (Wildman–Crippen LogP) is 6.68. The molecular weight excluding hydrogens is 544 g/mol. The first-order valence-electron chi connectivity index (χ1n) is 13.4. The van der Waals surface area contributed by atoms with Gasteiger partial charge in [-0.25, -0.2) is 18.4 Å². The molecule has 0 unspecified atom stereocenters. The molecule has 0 aliphatic rings. The largest absolute Gasteiger partial charge is 0.467 e. The molecule has 3 amide bonds. The van der Waals surface area contributed by atoms with Crippen LogP contribution in [0.4, 0.5) is 25.0 Å². The first kappa shape index (κ1) is 32.2. The number of esters is 1. The summed E-state index contributed by atoms with van der Waals surface area (Å²) in [5.74, 6) is -2.98. The van der Waals surface area contributed by atoms with Gasteiger partial charge < -0.3 is 25.4 Å². The van der Waals surface area contributed by atoms with Crippen LogP contribution in [0.2, 0.25) is 0 Å². The third kappa shape index (κ3) is 8.36. The van der Waals surface area contributed by atoms with Crippen LogP contribution in [0.1, 0.15) is 54.7 Å². The van der Waals surface area contributed by atoms with Crippen molar-refractivity contribution in [1.82, 2.24) is 5.32 Å². The van der Waals surface area contributed by atoms with E-state index in [-0.39, 0.29) is 16.8 Å². The van der Waals surface area contributed by atoms with Gasteiger partial charge in [0.25, 0.3) is 5.91 Å². The molecule has 224 valence electrons. The molecule has 0 fully saturated rings. The molecular formula is C32H37F2N3O5. The van der Waals surface area contributed by atoms with Crippen molar-refractivity contribution in [2.75, 3.05) is 17.7 Å². The monoisotopic (exact) mass is 581 g/mol. The Labute approximate surface area is 244 Å². The standard InChI is InChI=1S/C32H37F2N3O5/c1-17-11-18(2)27(19(3)12-17)37-31(40)35-26-15-21(22-13-23(33)16-24(34)14-22)9-10-25(26)29(38)36-28(30(39)41-8)20(4)42-32(5,6)7/h9-16,20,28H,1-8H3,(H,36,38)(H2,35,37,40)/t20-,28+/m1/s1. The Kier molecular flexibility index (Phi) is 10.1. The van der Waals surface area contributed by atoms with Crippen LogP contribution in [0.15, 0.2) is 48.5 Å². The number of aryl methyl sites for hydroxylation is 3. The van der Waals surface area contributed by atoms with Crippen molar-refractivity contribution in [3.8, 4) is 11.1 Å². The van der Waals surface area contributed by atoms with Crippen LogP contribution in [0.3, 0.4) is 0 Å². The zero-order valence-electron chi connectivity index (χ0n) is 25.1. The Bertz CT molecular complexity index is 1460. The highest BCUT2D eigenvalue weighted by Crippen LogP contribution is 2.29. The van der Waals surface area contributed by atoms with E-state index in [4.69, 9.17) is 9.47 Å². The van der Waals surface area contributed by atoms with Gasteiger partial charge >= 0.3 is 12.0 Å². The zero-order valence-corrected chi connectivity index (χ0v) is 25.1. The Morgan fingerprint density at radius 3 is 1.98 bits per heavy atom. The van der Waals surface area contributed by atoms with Crippen LogP contribution in [0, 0.1) is 32.4 Å². The van der Waals surface area contributed by atoms with Crippen molar-refractivity contribution in [3.05, 3.63) is 82.4 Å². The maximum atomic E-state index is 14.0. The van der Waals surface area contributed by atoms with Crippen LogP contribution >= 0.6 is 0 Å². The van der Waals surface area contributed by atoms with E-state index in [2.05, 4.69) is 16.0 Å². The summed E-state index contributed by atoms with van der Waals surface area (Å²) < 4.78 is 38.7. The van der Waals surface area contributed by atoms with Crippen molar-refractivity contribution in [1.29, 1.82) is 0 Å². The van der Waals surface area contributed by atoms with Gasteiger partial charge in [-0.1, -0.05) is 23.8 Å². The molecule has 8 nitrogen and oxygen atoms in total. The SMILES string of the molecule is COC(=O)[C@@H](NC(=O)c1ccc(-c2cc(F)cc(F)c2)cc1NC(=O)Nc1c(C)cc(C)cc1C)[C@@H](C)OC(C)(C)C. The molecule has 0 saturated carbocycles. The second-order valence-electron chi connectivity index (χ2n) is 11.2. The lowest BCUT2D eigenvalue weighted by atomic mass is 10.0. The Morgan fingerprint density at radius 2 is 1.43 bits per heavy atom. The van der Waals surface area contributed by atoms with Crippen LogP contribution in [-0.4, -0.2) is 42.8 Å². The fourth-order valence-corrected chi connectivity index (χ4v) is 4.73. The fraction of sp³-hybridized carbons (Fsp3) is 0.344. The summed E-state index contributed by atoms with van der Waals surface area (Å²) in [7, 11) is 1.20. The van der Waals surface area contributed by atoms with E-state index in [0.717, 1.165) is 34.9 Å². The van der Waals surface area contributed by atoms with Crippen molar-refractivity contribution < 1.29 is 32.6 Å². The van der Waals surface area contributed by atoms with Gasteiger partial charge in [0.1, 0.15) is 11.6 Å². The number of carbonyl (C=O) groups is 3. The van der Waals surface area contributed by atoms with E-state index in [1.165, 1.54) is 25.3 Å². The summed E-state index contributed by atoms with van der Waals surface area (Å²) in [5, 5.41) is 8.14. The summed E-state index contributed by atoms with van der Waals surface area (Å²) in [6.45, 7) is 12.7. The van der Waals surface area contributed by atoms with Gasteiger partial charge in [-0.2, -0.15) is 0 Å². The van der Waals surface area contributed by atoms with E-state index in [0.29, 0.717) is 11.3 Å². The maximum Gasteiger partial charge on any atom is 0.331 e. The molecule has 0 spiro atoms. The Balaban J connectivity index is 2.01.